The predicted octanol–water partition coefficient (Wildman–Crippen LogP) is 3.42. The fraction of sp³-hybridized carbons (Fsp3) is 0.278. The second-order valence-corrected chi connectivity index (χ2v) is 5.61. The second kappa shape index (κ2) is 5.60. The van der Waals surface area contributed by atoms with Gasteiger partial charge in [-0.2, -0.15) is 0 Å². The van der Waals surface area contributed by atoms with E-state index in [-0.39, 0.29) is 5.97 Å². The number of ether oxygens (including phenoxy) is 1. The highest BCUT2D eigenvalue weighted by Gasteiger charge is 2.13. The molecule has 0 unspecified atom stereocenters. The molecule has 0 heterocycles. The number of benzene rings is 2. The van der Waals surface area contributed by atoms with Crippen molar-refractivity contribution in [2.45, 2.75) is 32.8 Å². The molecule has 0 fully saturated rings. The fourth-order valence-electron chi connectivity index (χ4n) is 2.86. The number of hydrogen-bond acceptors (Lipinski definition) is 3. The molecular weight excluding hydrogens is 262 g/mol. The average molecular weight is 281 g/mol. The lowest BCUT2D eigenvalue weighted by Gasteiger charge is -2.09. The van der Waals surface area contributed by atoms with Gasteiger partial charge >= 0.3 is 5.97 Å². The maximum absolute atomic E-state index is 12.1. The van der Waals surface area contributed by atoms with Crippen molar-refractivity contribution in [1.82, 2.24) is 0 Å². The summed E-state index contributed by atoms with van der Waals surface area (Å²) in [5.74, 6) is -0.298. The van der Waals surface area contributed by atoms with E-state index in [0.29, 0.717) is 17.9 Å². The molecule has 0 saturated carbocycles. The molecule has 108 valence electrons. The van der Waals surface area contributed by atoms with Gasteiger partial charge in [0.05, 0.1) is 5.56 Å². The van der Waals surface area contributed by atoms with Crippen molar-refractivity contribution in [1.29, 1.82) is 0 Å². The summed E-state index contributed by atoms with van der Waals surface area (Å²) in [6.45, 7) is 2.18. The molecule has 2 aromatic carbocycles. The molecule has 0 amide bonds. The van der Waals surface area contributed by atoms with E-state index in [1.165, 1.54) is 24.0 Å². The fourth-order valence-corrected chi connectivity index (χ4v) is 2.86. The van der Waals surface area contributed by atoms with Crippen molar-refractivity contribution in [2.75, 3.05) is 5.73 Å². The standard InChI is InChI=1S/C18H19NO2/c1-12-9-16(19)7-8-17(12)18(20)21-11-13-5-6-14-3-2-4-15(14)10-13/h5-10H,2-4,11,19H2,1H3. The summed E-state index contributed by atoms with van der Waals surface area (Å²) in [7, 11) is 0. The van der Waals surface area contributed by atoms with Gasteiger partial charge in [-0.25, -0.2) is 4.79 Å². The lowest BCUT2D eigenvalue weighted by Crippen LogP contribution is -2.07. The van der Waals surface area contributed by atoms with Gasteiger partial charge in [-0.05, 0) is 66.6 Å². The topological polar surface area (TPSA) is 52.3 Å². The second-order valence-electron chi connectivity index (χ2n) is 5.61. The predicted molar refractivity (Wildman–Crippen MR) is 83.2 cm³/mol. The van der Waals surface area contributed by atoms with Gasteiger partial charge in [0, 0.05) is 5.69 Å². The highest BCUT2D eigenvalue weighted by Crippen LogP contribution is 2.23. The minimum absolute atomic E-state index is 0.298. The quantitative estimate of drug-likeness (QED) is 0.692. The Kier molecular flexibility index (Phi) is 3.65. The van der Waals surface area contributed by atoms with Crippen LogP contribution in [0, 0.1) is 6.92 Å². The van der Waals surface area contributed by atoms with E-state index in [1.807, 2.05) is 13.0 Å². The Morgan fingerprint density at radius 1 is 1.14 bits per heavy atom. The summed E-state index contributed by atoms with van der Waals surface area (Å²) in [4.78, 5) is 12.1. The number of carbonyl (C=O) groups excluding carboxylic acids is 1. The minimum atomic E-state index is -0.298. The zero-order chi connectivity index (χ0) is 14.8. The molecule has 0 saturated heterocycles. The summed E-state index contributed by atoms with van der Waals surface area (Å²) < 4.78 is 5.41. The van der Waals surface area contributed by atoms with E-state index in [9.17, 15) is 4.79 Å². The maximum Gasteiger partial charge on any atom is 0.338 e. The molecule has 0 atom stereocenters. The van der Waals surface area contributed by atoms with Gasteiger partial charge in [-0.3, -0.25) is 0 Å². The minimum Gasteiger partial charge on any atom is -0.457 e. The van der Waals surface area contributed by atoms with Crippen molar-refractivity contribution in [3.05, 3.63) is 64.2 Å². The van der Waals surface area contributed by atoms with Gasteiger partial charge in [0.15, 0.2) is 0 Å². The van der Waals surface area contributed by atoms with Gasteiger partial charge in [0.2, 0.25) is 0 Å². The van der Waals surface area contributed by atoms with E-state index >= 15 is 0 Å². The number of carbonyl (C=O) groups is 1. The summed E-state index contributed by atoms with van der Waals surface area (Å²) in [5.41, 5.74) is 11.6. The van der Waals surface area contributed by atoms with Crippen LogP contribution in [-0.4, -0.2) is 5.97 Å². The lowest BCUT2D eigenvalue weighted by molar-refractivity contribution is 0.0472. The Labute approximate surface area is 124 Å². The highest BCUT2D eigenvalue weighted by molar-refractivity contribution is 5.91. The zero-order valence-corrected chi connectivity index (χ0v) is 12.2. The van der Waals surface area contributed by atoms with Gasteiger partial charge in [0.1, 0.15) is 6.61 Å². The molecule has 1 aliphatic carbocycles. The van der Waals surface area contributed by atoms with Gasteiger partial charge in [0.25, 0.3) is 0 Å². The zero-order valence-electron chi connectivity index (χ0n) is 12.2. The van der Waals surface area contributed by atoms with E-state index in [4.69, 9.17) is 10.5 Å². The van der Waals surface area contributed by atoms with Crippen molar-refractivity contribution in [2.24, 2.45) is 0 Å². The SMILES string of the molecule is Cc1cc(N)ccc1C(=O)OCc1ccc2c(c1)CCC2. The maximum atomic E-state index is 12.1. The Balaban J connectivity index is 1.68. The number of aryl methyl sites for hydroxylation is 3. The van der Waals surface area contributed by atoms with Crippen LogP contribution >= 0.6 is 0 Å². The largest absolute Gasteiger partial charge is 0.457 e. The van der Waals surface area contributed by atoms with Gasteiger partial charge < -0.3 is 10.5 Å². The molecule has 0 radical (unpaired) electrons. The molecule has 3 nitrogen and oxygen atoms in total. The molecular formula is C18H19NO2. The number of nitrogens with two attached hydrogens (primary N) is 1. The van der Waals surface area contributed by atoms with Crippen LogP contribution in [0.25, 0.3) is 0 Å². The molecule has 0 aromatic heterocycles. The molecule has 21 heavy (non-hydrogen) atoms. The summed E-state index contributed by atoms with van der Waals surface area (Å²) in [6.07, 6.45) is 3.53. The summed E-state index contributed by atoms with van der Waals surface area (Å²) in [5, 5.41) is 0. The average Bonchev–Trinajstić information content (AvgIpc) is 2.92. The van der Waals surface area contributed by atoms with E-state index in [1.54, 1.807) is 18.2 Å². The Hall–Kier alpha value is -2.29. The van der Waals surface area contributed by atoms with Crippen LogP contribution in [-0.2, 0) is 24.2 Å². The first-order valence-electron chi connectivity index (χ1n) is 7.27. The third kappa shape index (κ3) is 2.92. The molecule has 3 heteroatoms. The summed E-state index contributed by atoms with van der Waals surface area (Å²) >= 11 is 0. The number of hydrogen-bond donors (Lipinski definition) is 1. The van der Waals surface area contributed by atoms with Crippen LogP contribution in [0.15, 0.2) is 36.4 Å². The number of rotatable bonds is 3. The van der Waals surface area contributed by atoms with Crippen LogP contribution in [0.5, 0.6) is 0 Å². The van der Waals surface area contributed by atoms with Crippen molar-refractivity contribution in [3.63, 3.8) is 0 Å². The Bertz CT molecular complexity index is 692. The van der Waals surface area contributed by atoms with E-state index in [0.717, 1.165) is 17.5 Å². The molecule has 2 aromatic rings. The van der Waals surface area contributed by atoms with E-state index in [2.05, 4.69) is 12.1 Å². The molecule has 0 spiro atoms. The summed E-state index contributed by atoms with van der Waals surface area (Å²) in [6, 6.07) is 11.6. The van der Waals surface area contributed by atoms with E-state index < -0.39 is 0 Å². The molecule has 2 N–H and O–H groups in total. The van der Waals surface area contributed by atoms with Crippen LogP contribution in [0.2, 0.25) is 0 Å². The first-order valence-corrected chi connectivity index (χ1v) is 7.27. The first kappa shape index (κ1) is 13.7. The number of fused-ring (bicyclic) bond motifs is 1. The van der Waals surface area contributed by atoms with Crippen LogP contribution in [0.1, 0.15) is 39.0 Å². The van der Waals surface area contributed by atoms with Crippen LogP contribution < -0.4 is 5.73 Å². The van der Waals surface area contributed by atoms with Crippen molar-refractivity contribution < 1.29 is 9.53 Å². The van der Waals surface area contributed by atoms with Crippen molar-refractivity contribution >= 4 is 11.7 Å². The van der Waals surface area contributed by atoms with Gasteiger partial charge in [-0.15, -0.1) is 0 Å². The van der Waals surface area contributed by atoms with Crippen LogP contribution in [0.4, 0.5) is 5.69 Å². The Morgan fingerprint density at radius 2 is 1.95 bits per heavy atom. The molecule has 0 bridgehead atoms. The third-order valence-electron chi connectivity index (χ3n) is 4.00. The molecule has 3 rings (SSSR count). The van der Waals surface area contributed by atoms with Crippen LogP contribution in [0.3, 0.4) is 0 Å². The van der Waals surface area contributed by atoms with Gasteiger partial charge in [-0.1, -0.05) is 18.2 Å². The number of esters is 1. The monoisotopic (exact) mass is 281 g/mol. The Morgan fingerprint density at radius 3 is 2.76 bits per heavy atom. The third-order valence-corrected chi connectivity index (χ3v) is 4.00. The first-order chi connectivity index (χ1) is 10.1. The number of nitrogen functional groups attached to an aromatic ring is 1. The smallest absolute Gasteiger partial charge is 0.338 e. The number of anilines is 1. The molecule has 1 aliphatic rings. The normalized spacial score (nSPS) is 13.0. The molecule has 0 aliphatic heterocycles. The highest BCUT2D eigenvalue weighted by atomic mass is 16.5. The van der Waals surface area contributed by atoms with Crippen molar-refractivity contribution in [3.8, 4) is 0 Å². The lowest BCUT2D eigenvalue weighted by atomic mass is 10.1.